The van der Waals surface area contributed by atoms with E-state index in [-0.39, 0.29) is 34.3 Å². The van der Waals surface area contributed by atoms with Crippen molar-refractivity contribution in [1.29, 1.82) is 0 Å². The number of nitrogens with zero attached hydrogens (tertiary/aromatic N) is 2. The number of carbonyl (C=O) groups excluding carboxylic acids is 2. The summed E-state index contributed by atoms with van der Waals surface area (Å²) in [6, 6.07) is 16.8. The van der Waals surface area contributed by atoms with Crippen molar-refractivity contribution in [2.24, 2.45) is 5.41 Å². The Morgan fingerprint density at radius 3 is 2.41 bits per heavy atom. The van der Waals surface area contributed by atoms with Crippen molar-refractivity contribution in [3.63, 3.8) is 0 Å². The van der Waals surface area contributed by atoms with Gasteiger partial charge in [-0.3, -0.25) is 14.2 Å². The molecule has 54 heavy (non-hydrogen) atoms. The molecule has 3 aliphatic rings. The van der Waals surface area contributed by atoms with Gasteiger partial charge < -0.3 is 25.0 Å². The van der Waals surface area contributed by atoms with Crippen LogP contribution in [0, 0.1) is 5.41 Å². The van der Waals surface area contributed by atoms with Crippen LogP contribution in [-0.2, 0) is 39.3 Å². The van der Waals surface area contributed by atoms with E-state index in [2.05, 4.69) is 17.0 Å². The number of fused-ring (bicyclic) bond motifs is 2. The maximum atomic E-state index is 13.4. The number of piperidine rings is 1. The van der Waals surface area contributed by atoms with Crippen molar-refractivity contribution >= 4 is 62.1 Å². The molecular formula is C42H44N2O7S3. The number of aliphatic hydroxyl groups excluding tert-OH is 1. The van der Waals surface area contributed by atoms with Crippen LogP contribution in [0.2, 0.25) is 0 Å². The van der Waals surface area contributed by atoms with E-state index in [4.69, 9.17) is 4.74 Å². The van der Waals surface area contributed by atoms with Gasteiger partial charge in [0, 0.05) is 18.5 Å². The van der Waals surface area contributed by atoms with Crippen LogP contribution in [0.15, 0.2) is 76.2 Å². The third-order valence-electron chi connectivity index (χ3n) is 11.6. The van der Waals surface area contributed by atoms with Crippen LogP contribution < -0.4 is 4.87 Å². The molecular weight excluding hydrogens is 741 g/mol. The highest BCUT2D eigenvalue weighted by Gasteiger charge is 2.51. The fraction of sp³-hybridized carbons (Fsp3) is 0.405. The van der Waals surface area contributed by atoms with Gasteiger partial charge in [-0.25, -0.2) is 4.79 Å². The summed E-state index contributed by atoms with van der Waals surface area (Å²) in [4.78, 5) is 41.9. The predicted molar refractivity (Wildman–Crippen MR) is 213 cm³/mol. The smallest absolute Gasteiger partial charge is 0.349 e. The number of ketones is 1. The third-order valence-corrected chi connectivity index (χ3v) is 14.5. The minimum Gasteiger partial charge on any atom is -0.508 e. The van der Waals surface area contributed by atoms with Gasteiger partial charge in [-0.2, -0.15) is 0 Å². The van der Waals surface area contributed by atoms with Gasteiger partial charge in [0.2, 0.25) is 5.60 Å². The van der Waals surface area contributed by atoms with Crippen LogP contribution in [0.4, 0.5) is 0 Å². The number of esters is 1. The number of aromatic nitrogens is 1. The molecule has 8 rings (SSSR count). The quantitative estimate of drug-likeness (QED) is 0.107. The Labute approximate surface area is 325 Å². The number of aromatic hydroxyl groups is 1. The molecule has 3 aromatic heterocycles. The molecule has 3 N–H and O–H groups in total. The summed E-state index contributed by atoms with van der Waals surface area (Å²) < 4.78 is 8.80. The van der Waals surface area contributed by atoms with E-state index in [0.29, 0.717) is 28.3 Å². The SMILES string of the molecule is O=C1C=Cc2c([C@@H](O)CCCc3ccc4c(c3)sc(=O)n4CCCN3CCC4(CC3)CC(OC(=O)C(O)(c3cccs3)c3cccs3)C4)ccc(O)c2C1. The first-order valence-corrected chi connectivity index (χ1v) is 21.3. The molecule has 282 valence electrons. The summed E-state index contributed by atoms with van der Waals surface area (Å²) in [5, 5.41) is 36.5. The number of carbonyl (C=O) groups is 2. The summed E-state index contributed by atoms with van der Waals surface area (Å²) in [5.74, 6) is -0.566. The number of thiophene rings is 2. The number of hydrogen-bond acceptors (Lipinski definition) is 11. The molecule has 0 unspecified atom stereocenters. The molecule has 2 aromatic carbocycles. The predicted octanol–water partition coefficient (Wildman–Crippen LogP) is 7.20. The molecule has 1 saturated carbocycles. The monoisotopic (exact) mass is 784 g/mol. The van der Waals surface area contributed by atoms with Crippen molar-refractivity contribution in [2.45, 2.75) is 82.1 Å². The zero-order valence-corrected chi connectivity index (χ0v) is 32.4. The zero-order valence-electron chi connectivity index (χ0n) is 29.9. The van der Waals surface area contributed by atoms with Gasteiger partial charge in [0.15, 0.2) is 5.78 Å². The summed E-state index contributed by atoms with van der Waals surface area (Å²) >= 11 is 3.99. The third kappa shape index (κ3) is 7.27. The first-order valence-electron chi connectivity index (χ1n) is 18.7. The van der Waals surface area contributed by atoms with Crippen LogP contribution in [0.1, 0.15) is 83.1 Å². The number of allylic oxidation sites excluding steroid dienone is 1. The fourth-order valence-electron chi connectivity index (χ4n) is 8.52. The molecule has 12 heteroatoms. The largest absolute Gasteiger partial charge is 0.508 e. The Hall–Kier alpha value is -3.91. The Balaban J connectivity index is 0.789. The van der Waals surface area contributed by atoms with E-state index in [1.54, 1.807) is 30.3 Å². The maximum absolute atomic E-state index is 13.4. The van der Waals surface area contributed by atoms with Crippen LogP contribution in [-0.4, -0.2) is 62.3 Å². The first kappa shape index (κ1) is 37.0. The molecule has 1 saturated heterocycles. The average molecular weight is 785 g/mol. The number of thiazole rings is 1. The molecule has 1 atom stereocenters. The number of aryl methyl sites for hydroxylation is 2. The molecule has 1 spiro atoms. The summed E-state index contributed by atoms with van der Waals surface area (Å²) in [7, 11) is 0. The van der Waals surface area contributed by atoms with Gasteiger partial charge in [0.25, 0.3) is 0 Å². The highest BCUT2D eigenvalue weighted by Crippen LogP contribution is 2.51. The first-order chi connectivity index (χ1) is 26.1. The van der Waals surface area contributed by atoms with Gasteiger partial charge >= 0.3 is 10.8 Å². The Morgan fingerprint density at radius 1 is 0.963 bits per heavy atom. The molecule has 2 aliphatic carbocycles. The number of likely N-dealkylation sites (tertiary alicyclic amines) is 1. The van der Waals surface area contributed by atoms with Crippen LogP contribution in [0.3, 0.4) is 0 Å². The molecule has 0 radical (unpaired) electrons. The van der Waals surface area contributed by atoms with E-state index in [9.17, 15) is 29.7 Å². The Kier molecular flexibility index (Phi) is 10.5. The van der Waals surface area contributed by atoms with Crippen molar-refractivity contribution in [2.75, 3.05) is 19.6 Å². The summed E-state index contributed by atoms with van der Waals surface area (Å²) in [6.07, 6.45) is 9.15. The molecule has 1 aliphatic heterocycles. The Morgan fingerprint density at radius 2 is 1.70 bits per heavy atom. The number of aliphatic hydroxyl groups is 2. The minimum atomic E-state index is -1.77. The molecule has 9 nitrogen and oxygen atoms in total. The van der Waals surface area contributed by atoms with E-state index >= 15 is 0 Å². The summed E-state index contributed by atoms with van der Waals surface area (Å²) in [6.45, 7) is 3.55. The molecule has 0 bridgehead atoms. The lowest BCUT2D eigenvalue weighted by Crippen LogP contribution is -2.52. The highest BCUT2D eigenvalue weighted by molar-refractivity contribution is 7.16. The topological polar surface area (TPSA) is 129 Å². The maximum Gasteiger partial charge on any atom is 0.349 e. The van der Waals surface area contributed by atoms with Crippen molar-refractivity contribution in [3.05, 3.63) is 113 Å². The summed E-state index contributed by atoms with van der Waals surface area (Å²) in [5.41, 5.74) is 2.54. The van der Waals surface area contributed by atoms with E-state index in [0.717, 1.165) is 91.5 Å². The number of phenolic OH excluding ortho intramolecular Hbond substituents is 1. The van der Waals surface area contributed by atoms with Crippen LogP contribution >= 0.6 is 34.0 Å². The second kappa shape index (κ2) is 15.3. The van der Waals surface area contributed by atoms with Crippen molar-refractivity contribution in [3.8, 4) is 5.75 Å². The van der Waals surface area contributed by atoms with Gasteiger partial charge in [-0.15, -0.1) is 22.7 Å². The Bertz CT molecular complexity index is 2190. The molecule has 0 amide bonds. The normalized spacial score (nSPS) is 17.9. The lowest BCUT2D eigenvalue weighted by atomic mass is 9.61. The highest BCUT2D eigenvalue weighted by atomic mass is 32.1. The van der Waals surface area contributed by atoms with Gasteiger partial charge in [-0.05, 0) is 140 Å². The number of phenols is 1. The minimum absolute atomic E-state index is 0.0546. The lowest BCUT2D eigenvalue weighted by Gasteiger charge is -2.51. The molecule has 5 aromatic rings. The van der Waals surface area contributed by atoms with Gasteiger partial charge in [0.05, 0.1) is 26.1 Å². The molecule has 4 heterocycles. The van der Waals surface area contributed by atoms with E-state index < -0.39 is 17.7 Å². The molecule has 2 fully saturated rings. The average Bonchev–Trinajstić information content (AvgIpc) is 3.95. The number of benzene rings is 2. The van der Waals surface area contributed by atoms with Crippen LogP contribution in [0.5, 0.6) is 5.75 Å². The second-order valence-electron chi connectivity index (χ2n) is 15.1. The number of rotatable bonds is 13. The standard InChI is InChI=1S/C42H44N2O7S3/c45-28-10-11-30-31(12-14-35(47)32(30)24-28)34(46)6-1-5-27-9-13-33-36(23-27)54-40(49)44(33)18-4-17-43-19-15-41(16-20-43)25-29(26-41)51-39(48)42(50,37-7-2-21-52-37)38-8-3-22-53-38/h2-3,7-14,21-23,29,34,46-47,50H,1,4-6,15-20,24-26H2/t34-/m0/s1. The van der Waals surface area contributed by atoms with Crippen LogP contribution in [0.25, 0.3) is 16.3 Å². The van der Waals surface area contributed by atoms with E-state index in [1.807, 2.05) is 33.5 Å². The lowest BCUT2D eigenvalue weighted by molar-refractivity contribution is -0.181. The number of hydrogen-bond donors (Lipinski definition) is 3. The van der Waals surface area contributed by atoms with Crippen molar-refractivity contribution in [1.82, 2.24) is 9.47 Å². The zero-order chi connectivity index (χ0) is 37.5. The van der Waals surface area contributed by atoms with E-state index in [1.165, 1.54) is 40.1 Å². The number of ether oxygens (including phenoxy) is 1. The van der Waals surface area contributed by atoms with Crippen molar-refractivity contribution < 1.29 is 29.6 Å². The second-order valence-corrected chi connectivity index (χ2v) is 18.0. The van der Waals surface area contributed by atoms with Gasteiger partial charge in [0.1, 0.15) is 11.9 Å². The fourth-order valence-corrected chi connectivity index (χ4v) is 11.2. The van der Waals surface area contributed by atoms with Gasteiger partial charge in [-0.1, -0.05) is 41.7 Å².